The predicted octanol–water partition coefficient (Wildman–Crippen LogP) is 19.2. The molecule has 80 heavy (non-hydrogen) atoms. The molecule has 0 saturated carbocycles. The fourth-order valence-electron chi connectivity index (χ4n) is 10.1. The van der Waals surface area contributed by atoms with Crippen molar-refractivity contribution in [3.05, 3.63) is 271 Å². The molecule has 0 aliphatic heterocycles. The van der Waals surface area contributed by atoms with Gasteiger partial charge in [0, 0.05) is 32.7 Å². The van der Waals surface area contributed by atoms with Gasteiger partial charge < -0.3 is 4.74 Å². The number of imidazole rings is 1. The standard InChI is InChI=1S/C75H62N4O/c1-50-39-72(76-48-67(50)53-27-15-10-16-28-53)79-68-34-18-17-31-65(68)66-38-37-62(47-71(66)79)80-61-30-21-29-60(46-61)77-49-78(70-36-20-19-35-69(70)77)73-63(32-22-33-64(73)57-43-58(74(2,3)4)45-59(44-57)75(5,6)7)56-41-54(51-23-11-8-12-24-51)40-55(42-56)52-25-13-9-14-26-52/h8-48H,1-7H3/i1D3,8D,9D,10D,11D,12D,13D,14D,15D,16D,23D,24D,25D,26D,27D,28D,40D,41D,42D. The Hall–Kier alpha value is -9.58. The molecule has 3 aromatic heterocycles. The molecule has 0 aliphatic carbocycles. The molecule has 5 nitrogen and oxygen atoms in total. The van der Waals surface area contributed by atoms with Gasteiger partial charge in [-0.15, -0.1) is 0 Å². The van der Waals surface area contributed by atoms with Crippen molar-refractivity contribution in [3.8, 4) is 84.3 Å². The maximum absolute atomic E-state index is 10.3. The second-order valence-corrected chi connectivity index (χ2v) is 21.5. The summed E-state index contributed by atoms with van der Waals surface area (Å²) in [5, 5.41) is 1.55. The number of benzene rings is 10. The summed E-state index contributed by atoms with van der Waals surface area (Å²) in [4.78, 5) is 4.73. The van der Waals surface area contributed by atoms with Crippen molar-refractivity contribution in [2.45, 2.75) is 59.2 Å². The Morgan fingerprint density at radius 2 is 1.06 bits per heavy atom. The van der Waals surface area contributed by atoms with Crippen LogP contribution in [-0.2, 0) is 10.8 Å². The van der Waals surface area contributed by atoms with E-state index in [-0.39, 0.29) is 33.6 Å². The largest absolute Gasteiger partial charge is 0.458 e. The van der Waals surface area contributed by atoms with E-state index >= 15 is 0 Å². The fourth-order valence-corrected chi connectivity index (χ4v) is 10.1. The molecule has 0 aliphatic rings. The third-order valence-corrected chi connectivity index (χ3v) is 14.2. The quantitative estimate of drug-likeness (QED) is 0.101. The minimum Gasteiger partial charge on any atom is -0.458 e. The molecule has 0 spiro atoms. The summed E-state index contributed by atoms with van der Waals surface area (Å²) in [6.07, 6.45) is 4.83. The van der Waals surface area contributed by atoms with Crippen LogP contribution in [-0.4, -0.2) is 14.1 Å². The van der Waals surface area contributed by atoms with E-state index in [0.29, 0.717) is 56.1 Å². The molecule has 0 amide bonds. The molecule has 0 radical (unpaired) electrons. The minimum absolute atomic E-state index is 0.127. The lowest BCUT2D eigenvalue weighted by Crippen LogP contribution is -2.31. The van der Waals surface area contributed by atoms with E-state index in [1.165, 1.54) is 12.3 Å². The predicted molar refractivity (Wildman–Crippen MR) is 332 cm³/mol. The van der Waals surface area contributed by atoms with Crippen LogP contribution in [0.2, 0.25) is 0 Å². The Kier molecular flexibility index (Phi) is 7.94. The van der Waals surface area contributed by atoms with Gasteiger partial charge >= 0.3 is 0 Å². The molecule has 0 N–H and O–H groups in total. The Labute approximate surface area is 498 Å². The summed E-state index contributed by atoms with van der Waals surface area (Å²) < 4.78 is 200. The van der Waals surface area contributed by atoms with Crippen LogP contribution < -0.4 is 9.30 Å². The van der Waals surface area contributed by atoms with Crippen LogP contribution in [0.4, 0.5) is 0 Å². The molecule has 10 aromatic carbocycles. The second kappa shape index (κ2) is 20.0. The Morgan fingerprint density at radius 1 is 0.487 bits per heavy atom. The van der Waals surface area contributed by atoms with Gasteiger partial charge in [-0.05, 0) is 145 Å². The first-order chi connectivity index (χ1) is 47.5. The van der Waals surface area contributed by atoms with Crippen molar-refractivity contribution in [2.75, 3.05) is 0 Å². The van der Waals surface area contributed by atoms with Crippen molar-refractivity contribution in [1.82, 2.24) is 14.1 Å². The summed E-state index contributed by atoms with van der Waals surface area (Å²) >= 11 is 0. The molecule has 13 rings (SSSR count). The van der Waals surface area contributed by atoms with Crippen LogP contribution in [0.1, 0.15) is 87.0 Å². The van der Waals surface area contributed by atoms with Gasteiger partial charge in [-0.1, -0.05) is 217 Å². The highest BCUT2D eigenvalue weighted by Gasteiger charge is 2.25. The fraction of sp³-hybridized carbons (Fsp3) is 0.120. The first kappa shape index (κ1) is 31.7. The Balaban J connectivity index is 1.03. The Morgan fingerprint density at radius 3 is 1.73 bits per heavy atom. The number of hydrogen-bond acceptors (Lipinski definition) is 2. The molecule has 3 heterocycles. The number of aryl methyl sites for hydroxylation is 1. The van der Waals surface area contributed by atoms with E-state index in [9.17, 15) is 9.60 Å². The number of para-hydroxylation sites is 4. The number of rotatable bonds is 10. The summed E-state index contributed by atoms with van der Waals surface area (Å²) in [5.74, 6) is 0.878. The van der Waals surface area contributed by atoms with E-state index in [1.54, 1.807) is 56.2 Å². The highest BCUT2D eigenvalue weighted by Crippen LogP contribution is 2.42. The van der Waals surface area contributed by atoms with Crippen LogP contribution in [0.15, 0.2) is 248 Å². The SMILES string of the molecule is [2H]c1c([2H])c([2H])c(-c2cnc(-n3c4ccccc4c4ccc(Oc5cccc(-n6[c-][n+](-c7c(-c8cc(C(C)(C)C)cc(C(C)(C)C)c8)cccc7-c7c([2H])c(-c8c([2H])c([2H])c([2H])c([2H])c8[2H])c([2H])c(-c8c([2H])c([2H])c([2H])c([2H])c8[2H])c7[2H])c7ccccc76)c5)cc43)cc2C([2H])([2H])[2H])c([2H])c1[2H]. The number of fused-ring (bicyclic) bond motifs is 4. The van der Waals surface area contributed by atoms with E-state index in [2.05, 4.69) is 66.1 Å². The highest BCUT2D eigenvalue weighted by molar-refractivity contribution is 6.09. The molecule has 0 atom stereocenters. The zero-order valence-corrected chi connectivity index (χ0v) is 44.5. The van der Waals surface area contributed by atoms with Crippen LogP contribution in [0, 0.1) is 13.2 Å². The van der Waals surface area contributed by atoms with Crippen molar-refractivity contribution in [3.63, 3.8) is 0 Å². The van der Waals surface area contributed by atoms with Gasteiger partial charge in [0.2, 0.25) is 0 Å². The van der Waals surface area contributed by atoms with Gasteiger partial charge in [0.05, 0.1) is 58.1 Å². The molecule has 0 bridgehead atoms. The lowest BCUT2D eigenvalue weighted by molar-refractivity contribution is -0.571. The van der Waals surface area contributed by atoms with E-state index < -0.39 is 149 Å². The lowest BCUT2D eigenvalue weighted by Gasteiger charge is -2.27. The van der Waals surface area contributed by atoms with Crippen LogP contribution in [0.25, 0.3) is 106 Å². The number of aromatic nitrogens is 4. The van der Waals surface area contributed by atoms with Crippen LogP contribution in [0.3, 0.4) is 0 Å². The van der Waals surface area contributed by atoms with Crippen molar-refractivity contribution < 1.29 is 38.1 Å². The zero-order valence-electron chi connectivity index (χ0n) is 65.5. The summed E-state index contributed by atoms with van der Waals surface area (Å²) in [5.41, 5.74) is 2.47. The van der Waals surface area contributed by atoms with Crippen molar-refractivity contribution >= 4 is 32.8 Å². The summed E-state index contributed by atoms with van der Waals surface area (Å²) in [7, 11) is 0. The smallest absolute Gasteiger partial charge is 0.269 e. The summed E-state index contributed by atoms with van der Waals surface area (Å²) in [6, 6.07) is 27.6. The molecule has 5 heteroatoms. The molecular formula is C75H62N4O. The lowest BCUT2D eigenvalue weighted by atomic mass is 9.78. The first-order valence-electron chi connectivity index (χ1n) is 36.5. The van der Waals surface area contributed by atoms with Crippen LogP contribution >= 0.6 is 0 Å². The number of ether oxygens (including phenoxy) is 1. The second-order valence-electron chi connectivity index (χ2n) is 21.5. The number of hydrogen-bond donors (Lipinski definition) is 0. The molecule has 13 aromatic rings. The molecule has 0 saturated heterocycles. The normalized spacial score (nSPS) is 15.8. The third kappa shape index (κ3) is 9.35. The van der Waals surface area contributed by atoms with E-state index in [4.69, 9.17) is 28.9 Å². The monoisotopic (exact) mass is 1060 g/mol. The maximum atomic E-state index is 10.3. The van der Waals surface area contributed by atoms with Gasteiger partial charge in [-0.25, -0.2) is 4.98 Å². The average molecular weight is 1060 g/mol. The molecular weight excluding hydrogens is 973 g/mol. The van der Waals surface area contributed by atoms with E-state index in [1.807, 2.05) is 66.7 Å². The first-order valence-corrected chi connectivity index (χ1v) is 26.0. The third-order valence-electron chi connectivity index (χ3n) is 14.2. The zero-order chi connectivity index (χ0) is 72.9. The highest BCUT2D eigenvalue weighted by atomic mass is 16.5. The summed E-state index contributed by atoms with van der Waals surface area (Å²) in [6.45, 7) is 9.75. The maximum Gasteiger partial charge on any atom is 0.269 e. The van der Waals surface area contributed by atoms with Crippen LogP contribution in [0.5, 0.6) is 11.5 Å². The van der Waals surface area contributed by atoms with Gasteiger partial charge in [0.25, 0.3) is 6.33 Å². The van der Waals surface area contributed by atoms with Gasteiger partial charge in [-0.2, -0.15) is 0 Å². The Bertz CT molecular complexity index is 5490. The topological polar surface area (TPSA) is 35.9 Å². The van der Waals surface area contributed by atoms with E-state index in [0.717, 1.165) is 21.9 Å². The van der Waals surface area contributed by atoms with Gasteiger partial charge in [-0.3, -0.25) is 13.7 Å². The van der Waals surface area contributed by atoms with Crippen molar-refractivity contribution in [1.29, 1.82) is 0 Å². The number of nitrogens with zero attached hydrogens (tertiary/aromatic N) is 4. The number of pyridine rings is 1. The molecule has 0 fully saturated rings. The molecule has 388 valence electrons. The average Bonchev–Trinajstić information content (AvgIpc) is 1.59. The minimum atomic E-state index is -2.84. The molecule has 0 unspecified atom stereocenters. The van der Waals surface area contributed by atoms with Gasteiger partial charge in [0.1, 0.15) is 17.3 Å². The van der Waals surface area contributed by atoms with Crippen molar-refractivity contribution in [2.24, 2.45) is 0 Å². The van der Waals surface area contributed by atoms with Gasteiger partial charge in [0.15, 0.2) is 0 Å².